The molecule has 0 aromatic carbocycles. The first-order valence-corrected chi connectivity index (χ1v) is 10.2. The van der Waals surface area contributed by atoms with Crippen LogP contribution < -0.4 is 0 Å². The lowest BCUT2D eigenvalue weighted by molar-refractivity contribution is -0.137. The average Bonchev–Trinajstić information content (AvgIpc) is 2.44. The van der Waals surface area contributed by atoms with Crippen molar-refractivity contribution in [3.05, 3.63) is 0 Å². The highest BCUT2D eigenvalue weighted by molar-refractivity contribution is 5.66. The van der Waals surface area contributed by atoms with Crippen LogP contribution in [-0.2, 0) is 4.79 Å². The van der Waals surface area contributed by atoms with Crippen molar-refractivity contribution in [2.75, 3.05) is 0 Å². The lowest BCUT2D eigenvalue weighted by atomic mass is 10.1. The predicted octanol–water partition coefficient (Wildman–Crippen LogP) is 6.51. The van der Waals surface area contributed by atoms with Crippen LogP contribution in [0.25, 0.3) is 0 Å². The Hall–Kier alpha value is -0.570. The van der Waals surface area contributed by atoms with Crippen molar-refractivity contribution in [1.82, 2.24) is 4.90 Å². The van der Waals surface area contributed by atoms with Gasteiger partial charge in [0, 0.05) is 24.5 Å². The van der Waals surface area contributed by atoms with Gasteiger partial charge in [-0.1, -0.05) is 58.3 Å². The first-order valence-electron chi connectivity index (χ1n) is 10.2. The van der Waals surface area contributed by atoms with Crippen LogP contribution in [-0.4, -0.2) is 34.1 Å². The summed E-state index contributed by atoms with van der Waals surface area (Å²) < 4.78 is 0. The second-order valence-electron chi connectivity index (χ2n) is 7.70. The molecule has 0 spiro atoms. The number of rotatable bonds is 13. The molecule has 0 aromatic rings. The molecule has 3 nitrogen and oxygen atoms in total. The van der Waals surface area contributed by atoms with E-state index in [4.69, 9.17) is 5.11 Å². The Morgan fingerprint density at radius 2 is 1.04 bits per heavy atom. The highest BCUT2D eigenvalue weighted by Gasteiger charge is 2.15. The van der Waals surface area contributed by atoms with E-state index in [0.717, 1.165) is 12.8 Å². The van der Waals surface area contributed by atoms with E-state index in [2.05, 4.69) is 53.4 Å². The monoisotopic (exact) mass is 343 g/mol. The Balaban J connectivity index is 0. The molecule has 0 amide bonds. The van der Waals surface area contributed by atoms with Crippen LogP contribution in [0, 0.1) is 0 Å². The Morgan fingerprint density at radius 1 is 0.708 bits per heavy atom. The highest BCUT2D eigenvalue weighted by atomic mass is 16.4. The standard InChI is InChI=1S/C12H24O2.C9H21N/c1-2-3-4-5-6-7-8-9-10-11-12(13)14;1-7(2)10(8(3)4)9(5)6/h2-11H2,1H3,(H,13,14);7-9H,1-6H3. The van der Waals surface area contributed by atoms with Crippen LogP contribution in [0.1, 0.15) is 113 Å². The van der Waals surface area contributed by atoms with E-state index in [1.54, 1.807) is 0 Å². The van der Waals surface area contributed by atoms with Gasteiger partial charge < -0.3 is 5.11 Å². The van der Waals surface area contributed by atoms with Crippen molar-refractivity contribution in [2.45, 2.75) is 131 Å². The van der Waals surface area contributed by atoms with E-state index >= 15 is 0 Å². The van der Waals surface area contributed by atoms with Gasteiger partial charge in [-0.05, 0) is 48.0 Å². The molecule has 0 rings (SSSR count). The zero-order valence-corrected chi connectivity index (χ0v) is 17.6. The topological polar surface area (TPSA) is 40.5 Å². The molecule has 0 radical (unpaired) electrons. The van der Waals surface area contributed by atoms with Crippen LogP contribution in [0.15, 0.2) is 0 Å². The zero-order valence-electron chi connectivity index (χ0n) is 17.6. The van der Waals surface area contributed by atoms with Gasteiger partial charge in [-0.15, -0.1) is 0 Å². The zero-order chi connectivity index (χ0) is 19.0. The van der Waals surface area contributed by atoms with Crippen molar-refractivity contribution in [1.29, 1.82) is 0 Å². The third kappa shape index (κ3) is 17.8. The highest BCUT2D eigenvalue weighted by Crippen LogP contribution is 2.10. The van der Waals surface area contributed by atoms with Gasteiger partial charge in [0.15, 0.2) is 0 Å². The van der Waals surface area contributed by atoms with Gasteiger partial charge in [-0.25, -0.2) is 0 Å². The third-order valence-electron chi connectivity index (χ3n) is 4.28. The SMILES string of the molecule is CC(C)N(C(C)C)C(C)C.CCCCCCCCCCCC(=O)O. The number of nitrogens with zero attached hydrogens (tertiary/aromatic N) is 1. The largest absolute Gasteiger partial charge is 0.481 e. The van der Waals surface area contributed by atoms with E-state index in [1.807, 2.05) is 0 Å². The fourth-order valence-corrected chi connectivity index (χ4v) is 3.38. The van der Waals surface area contributed by atoms with E-state index < -0.39 is 5.97 Å². The Kier molecular flexibility index (Phi) is 18.5. The van der Waals surface area contributed by atoms with Gasteiger partial charge in [0.25, 0.3) is 0 Å². The molecular formula is C21H45NO2. The summed E-state index contributed by atoms with van der Waals surface area (Å²) >= 11 is 0. The van der Waals surface area contributed by atoms with E-state index in [-0.39, 0.29) is 0 Å². The van der Waals surface area contributed by atoms with Gasteiger partial charge in [-0.2, -0.15) is 0 Å². The average molecular weight is 344 g/mol. The molecule has 0 aliphatic heterocycles. The van der Waals surface area contributed by atoms with Crippen molar-refractivity contribution in [3.8, 4) is 0 Å². The van der Waals surface area contributed by atoms with Crippen LogP contribution in [0.2, 0.25) is 0 Å². The summed E-state index contributed by atoms with van der Waals surface area (Å²) in [5.74, 6) is -0.659. The lowest BCUT2D eigenvalue weighted by Crippen LogP contribution is -2.42. The fraction of sp³-hybridized carbons (Fsp3) is 0.952. The summed E-state index contributed by atoms with van der Waals surface area (Å²) in [6.07, 6.45) is 11.5. The molecule has 0 heterocycles. The van der Waals surface area contributed by atoms with Crippen LogP contribution in [0.3, 0.4) is 0 Å². The maximum atomic E-state index is 10.2. The molecule has 0 aliphatic carbocycles. The molecule has 1 N–H and O–H groups in total. The summed E-state index contributed by atoms with van der Waals surface area (Å²) in [6.45, 7) is 15.7. The number of carboxylic acid groups (broad SMARTS) is 1. The number of carbonyl (C=O) groups is 1. The minimum absolute atomic E-state index is 0.343. The lowest BCUT2D eigenvalue weighted by Gasteiger charge is -2.34. The van der Waals surface area contributed by atoms with Gasteiger partial charge in [-0.3, -0.25) is 9.69 Å². The number of aliphatic carboxylic acids is 1. The maximum absolute atomic E-state index is 10.2. The second kappa shape index (κ2) is 17.3. The fourth-order valence-electron chi connectivity index (χ4n) is 3.38. The van der Waals surface area contributed by atoms with Gasteiger partial charge >= 0.3 is 5.97 Å². The van der Waals surface area contributed by atoms with Crippen molar-refractivity contribution in [2.24, 2.45) is 0 Å². The normalized spacial score (nSPS) is 11.3. The van der Waals surface area contributed by atoms with Crippen LogP contribution >= 0.6 is 0 Å². The molecular weight excluding hydrogens is 298 g/mol. The summed E-state index contributed by atoms with van der Waals surface area (Å²) in [5.41, 5.74) is 0. The third-order valence-corrected chi connectivity index (χ3v) is 4.28. The molecule has 0 saturated carbocycles. The summed E-state index contributed by atoms with van der Waals surface area (Å²) in [5, 5.41) is 8.41. The number of carboxylic acids is 1. The molecule has 0 unspecified atom stereocenters. The van der Waals surface area contributed by atoms with Gasteiger partial charge in [0.05, 0.1) is 0 Å². The second-order valence-corrected chi connectivity index (χ2v) is 7.70. The number of hydrogen-bond acceptors (Lipinski definition) is 2. The number of unbranched alkanes of at least 4 members (excludes halogenated alkanes) is 8. The minimum Gasteiger partial charge on any atom is -0.481 e. The molecule has 24 heavy (non-hydrogen) atoms. The molecule has 0 fully saturated rings. The minimum atomic E-state index is -0.659. The van der Waals surface area contributed by atoms with Crippen molar-refractivity contribution >= 4 is 5.97 Å². The van der Waals surface area contributed by atoms with Crippen LogP contribution in [0.5, 0.6) is 0 Å². The predicted molar refractivity (Wildman–Crippen MR) is 107 cm³/mol. The Labute approximate surface area is 152 Å². The van der Waals surface area contributed by atoms with E-state index in [0.29, 0.717) is 24.5 Å². The molecule has 0 bridgehead atoms. The van der Waals surface area contributed by atoms with Crippen molar-refractivity contribution in [3.63, 3.8) is 0 Å². The maximum Gasteiger partial charge on any atom is 0.303 e. The Morgan fingerprint density at radius 3 is 1.29 bits per heavy atom. The molecule has 146 valence electrons. The molecule has 0 atom stereocenters. The molecule has 0 aliphatic rings. The van der Waals surface area contributed by atoms with Crippen molar-refractivity contribution < 1.29 is 9.90 Å². The van der Waals surface area contributed by atoms with Gasteiger partial charge in [0.1, 0.15) is 0 Å². The smallest absolute Gasteiger partial charge is 0.303 e. The number of hydrogen-bond donors (Lipinski definition) is 1. The molecule has 0 saturated heterocycles. The summed E-state index contributed by atoms with van der Waals surface area (Å²) in [6, 6.07) is 2.00. The Bertz CT molecular complexity index is 256. The van der Waals surface area contributed by atoms with E-state index in [9.17, 15) is 4.79 Å². The molecule has 0 aromatic heterocycles. The first-order chi connectivity index (χ1) is 11.2. The van der Waals surface area contributed by atoms with Gasteiger partial charge in [0.2, 0.25) is 0 Å². The quantitative estimate of drug-likeness (QED) is 0.388. The summed E-state index contributed by atoms with van der Waals surface area (Å²) in [7, 11) is 0. The summed E-state index contributed by atoms with van der Waals surface area (Å²) in [4.78, 5) is 12.7. The molecule has 3 heteroatoms. The first kappa shape index (κ1) is 25.7. The van der Waals surface area contributed by atoms with Crippen LogP contribution in [0.4, 0.5) is 0 Å². The van der Waals surface area contributed by atoms with E-state index in [1.165, 1.54) is 44.9 Å².